The Bertz CT molecular complexity index is 759. The average Bonchev–Trinajstić information content (AvgIpc) is 2.90. The third-order valence-corrected chi connectivity index (χ3v) is 3.69. The molecule has 0 radical (unpaired) electrons. The van der Waals surface area contributed by atoms with Crippen LogP contribution in [0.3, 0.4) is 0 Å². The van der Waals surface area contributed by atoms with Gasteiger partial charge in [0, 0.05) is 18.4 Å². The van der Waals surface area contributed by atoms with Crippen LogP contribution in [0, 0.1) is 13.8 Å². The Labute approximate surface area is 118 Å². The van der Waals surface area contributed by atoms with Crippen LogP contribution in [0.1, 0.15) is 16.7 Å². The van der Waals surface area contributed by atoms with Crippen LogP contribution < -0.4 is 5.32 Å². The highest BCUT2D eigenvalue weighted by Gasteiger charge is 2.05. The highest BCUT2D eigenvalue weighted by Crippen LogP contribution is 2.26. The van der Waals surface area contributed by atoms with Crippen LogP contribution in [-0.4, -0.2) is 10.1 Å². The summed E-state index contributed by atoms with van der Waals surface area (Å²) in [6, 6.07) is 12.2. The van der Waals surface area contributed by atoms with Crippen LogP contribution in [-0.2, 0) is 6.54 Å². The second-order valence-electron chi connectivity index (χ2n) is 5.17. The molecule has 0 unspecified atom stereocenters. The Kier molecular flexibility index (Phi) is 3.11. The number of hydrogen-bond acceptors (Lipinski definition) is 2. The van der Waals surface area contributed by atoms with Crippen molar-refractivity contribution in [1.29, 1.82) is 0 Å². The predicted octanol–water partition coefficient (Wildman–Crippen LogP) is 4.10. The molecule has 20 heavy (non-hydrogen) atoms. The molecule has 0 saturated heterocycles. The minimum atomic E-state index is 0.347. The molecule has 0 aliphatic rings. The van der Waals surface area contributed by atoms with Crippen molar-refractivity contribution in [1.82, 2.24) is 4.98 Å². The Morgan fingerprint density at radius 2 is 1.95 bits per heavy atom. The SMILES string of the molecule is Cc1cc(NCc2cccc3cc[nH]c23)c(C)cc1O. The summed E-state index contributed by atoms with van der Waals surface area (Å²) in [4.78, 5) is 3.28. The average molecular weight is 266 g/mol. The van der Waals surface area contributed by atoms with Gasteiger partial charge < -0.3 is 15.4 Å². The molecule has 0 aliphatic heterocycles. The van der Waals surface area contributed by atoms with Crippen LogP contribution in [0.4, 0.5) is 5.69 Å². The van der Waals surface area contributed by atoms with E-state index in [0.29, 0.717) is 5.75 Å². The minimum absolute atomic E-state index is 0.347. The smallest absolute Gasteiger partial charge is 0.118 e. The van der Waals surface area contributed by atoms with Gasteiger partial charge in [-0.05, 0) is 54.1 Å². The van der Waals surface area contributed by atoms with Gasteiger partial charge in [-0.25, -0.2) is 0 Å². The fraction of sp³-hybridized carbons (Fsp3) is 0.176. The molecule has 102 valence electrons. The van der Waals surface area contributed by atoms with Gasteiger partial charge in [-0.15, -0.1) is 0 Å². The summed E-state index contributed by atoms with van der Waals surface area (Å²) in [6.45, 7) is 4.66. The lowest BCUT2D eigenvalue weighted by Gasteiger charge is -2.12. The van der Waals surface area contributed by atoms with E-state index in [1.807, 2.05) is 26.1 Å². The topological polar surface area (TPSA) is 48.0 Å². The number of aromatic amines is 1. The Morgan fingerprint density at radius 3 is 2.80 bits per heavy atom. The van der Waals surface area contributed by atoms with Gasteiger partial charge in [0.1, 0.15) is 5.75 Å². The van der Waals surface area contributed by atoms with Gasteiger partial charge in [0.2, 0.25) is 0 Å². The Hall–Kier alpha value is -2.42. The number of phenols is 1. The molecule has 0 amide bonds. The zero-order chi connectivity index (χ0) is 14.1. The third-order valence-electron chi connectivity index (χ3n) is 3.69. The molecule has 3 rings (SSSR count). The maximum atomic E-state index is 9.69. The van der Waals surface area contributed by atoms with Gasteiger partial charge in [-0.2, -0.15) is 0 Å². The third kappa shape index (κ3) is 2.23. The molecule has 3 N–H and O–H groups in total. The van der Waals surface area contributed by atoms with Crippen molar-refractivity contribution in [2.45, 2.75) is 20.4 Å². The zero-order valence-electron chi connectivity index (χ0n) is 11.7. The molecule has 3 nitrogen and oxygen atoms in total. The molecular weight excluding hydrogens is 248 g/mol. The lowest BCUT2D eigenvalue weighted by molar-refractivity contribution is 0.471. The monoisotopic (exact) mass is 266 g/mol. The number of benzene rings is 2. The number of para-hydroxylation sites is 1. The minimum Gasteiger partial charge on any atom is -0.508 e. The maximum Gasteiger partial charge on any atom is 0.118 e. The number of hydrogen-bond donors (Lipinski definition) is 3. The summed E-state index contributed by atoms with van der Waals surface area (Å²) in [6.07, 6.45) is 1.96. The fourth-order valence-electron chi connectivity index (χ4n) is 2.48. The van der Waals surface area contributed by atoms with Crippen molar-refractivity contribution in [3.05, 3.63) is 59.3 Å². The Balaban J connectivity index is 1.86. The molecule has 0 saturated carbocycles. The lowest BCUT2D eigenvalue weighted by Crippen LogP contribution is -2.02. The van der Waals surface area contributed by atoms with Crippen molar-refractivity contribution in [2.75, 3.05) is 5.32 Å². The van der Waals surface area contributed by atoms with Crippen LogP contribution >= 0.6 is 0 Å². The van der Waals surface area contributed by atoms with E-state index in [4.69, 9.17) is 0 Å². The standard InChI is InChI=1S/C17H18N2O/c1-11-9-16(20)12(2)8-15(11)19-10-14-5-3-4-13-6-7-18-17(13)14/h3-9,18-20H,10H2,1-2H3. The largest absolute Gasteiger partial charge is 0.508 e. The molecule has 0 spiro atoms. The van der Waals surface area contributed by atoms with E-state index in [1.54, 1.807) is 6.07 Å². The van der Waals surface area contributed by atoms with E-state index < -0.39 is 0 Å². The molecule has 1 heterocycles. The number of phenolic OH excluding ortho intramolecular Hbond substituents is 1. The van der Waals surface area contributed by atoms with Gasteiger partial charge in [0.05, 0.1) is 5.52 Å². The van der Waals surface area contributed by atoms with Crippen molar-refractivity contribution in [3.63, 3.8) is 0 Å². The van der Waals surface area contributed by atoms with Gasteiger partial charge in [0.15, 0.2) is 0 Å². The highest BCUT2D eigenvalue weighted by molar-refractivity contribution is 5.82. The highest BCUT2D eigenvalue weighted by atomic mass is 16.3. The molecule has 1 aromatic heterocycles. The summed E-state index contributed by atoms with van der Waals surface area (Å²) in [5, 5.41) is 14.4. The quantitative estimate of drug-likeness (QED) is 0.625. The summed E-state index contributed by atoms with van der Waals surface area (Å²) < 4.78 is 0. The summed E-state index contributed by atoms with van der Waals surface area (Å²) in [7, 11) is 0. The van der Waals surface area contributed by atoms with Gasteiger partial charge in [0.25, 0.3) is 0 Å². The van der Waals surface area contributed by atoms with E-state index in [1.165, 1.54) is 16.5 Å². The first-order valence-corrected chi connectivity index (χ1v) is 6.74. The first-order valence-electron chi connectivity index (χ1n) is 6.74. The molecule has 0 bridgehead atoms. The molecule has 0 fully saturated rings. The molecule has 2 aromatic carbocycles. The van der Waals surface area contributed by atoms with Gasteiger partial charge >= 0.3 is 0 Å². The zero-order valence-corrected chi connectivity index (χ0v) is 11.7. The number of aromatic nitrogens is 1. The van der Waals surface area contributed by atoms with Gasteiger partial charge in [-0.3, -0.25) is 0 Å². The van der Waals surface area contributed by atoms with Crippen molar-refractivity contribution >= 4 is 16.6 Å². The van der Waals surface area contributed by atoms with E-state index >= 15 is 0 Å². The molecule has 0 atom stereocenters. The fourth-order valence-corrected chi connectivity index (χ4v) is 2.48. The number of aryl methyl sites for hydroxylation is 2. The first-order chi connectivity index (χ1) is 9.65. The van der Waals surface area contributed by atoms with Gasteiger partial charge in [-0.1, -0.05) is 18.2 Å². The van der Waals surface area contributed by atoms with E-state index in [9.17, 15) is 5.11 Å². The van der Waals surface area contributed by atoms with Crippen LogP contribution in [0.2, 0.25) is 0 Å². The summed E-state index contributed by atoms with van der Waals surface area (Å²) >= 11 is 0. The van der Waals surface area contributed by atoms with E-state index in [-0.39, 0.29) is 0 Å². The van der Waals surface area contributed by atoms with Crippen LogP contribution in [0.25, 0.3) is 10.9 Å². The Morgan fingerprint density at radius 1 is 1.10 bits per heavy atom. The lowest BCUT2D eigenvalue weighted by atomic mass is 10.1. The number of aromatic hydroxyl groups is 1. The number of H-pyrrole nitrogens is 1. The van der Waals surface area contributed by atoms with Crippen molar-refractivity contribution in [3.8, 4) is 5.75 Å². The molecule has 3 heteroatoms. The summed E-state index contributed by atoms with van der Waals surface area (Å²) in [5.74, 6) is 0.347. The first kappa shape index (κ1) is 12.6. The number of fused-ring (bicyclic) bond motifs is 1. The van der Waals surface area contributed by atoms with E-state index in [0.717, 1.165) is 23.4 Å². The molecular formula is C17H18N2O. The summed E-state index contributed by atoms with van der Waals surface area (Å²) in [5.41, 5.74) is 5.40. The predicted molar refractivity (Wildman–Crippen MR) is 83.2 cm³/mol. The maximum absolute atomic E-state index is 9.69. The van der Waals surface area contributed by atoms with E-state index in [2.05, 4.69) is 34.6 Å². The molecule has 3 aromatic rings. The normalized spacial score (nSPS) is 10.9. The second-order valence-corrected chi connectivity index (χ2v) is 5.17. The molecule has 0 aliphatic carbocycles. The number of anilines is 1. The number of nitrogens with one attached hydrogen (secondary N) is 2. The van der Waals surface area contributed by atoms with Crippen LogP contribution in [0.5, 0.6) is 5.75 Å². The van der Waals surface area contributed by atoms with Crippen molar-refractivity contribution < 1.29 is 5.11 Å². The number of rotatable bonds is 3. The van der Waals surface area contributed by atoms with Crippen molar-refractivity contribution in [2.24, 2.45) is 0 Å². The van der Waals surface area contributed by atoms with Crippen LogP contribution in [0.15, 0.2) is 42.6 Å². The second kappa shape index (κ2) is 4.93.